The molecule has 1 atom stereocenters. The molecular weight excluding hydrogens is 324 g/mol. The molecule has 1 aliphatic rings. The second kappa shape index (κ2) is 9.53. The van der Waals surface area contributed by atoms with Gasteiger partial charge in [-0.1, -0.05) is 33.6 Å². The highest BCUT2D eigenvalue weighted by Gasteiger charge is 2.32. The molecule has 0 aliphatic carbocycles. The largest absolute Gasteiger partial charge is 0.353 e. The number of hydrogen-bond acceptors (Lipinski definition) is 5. The lowest BCUT2D eigenvalue weighted by atomic mass is 9.88. The first-order chi connectivity index (χ1) is 11.6. The lowest BCUT2D eigenvalue weighted by Crippen LogP contribution is -2.41. The predicted molar refractivity (Wildman–Crippen MR) is 91.9 cm³/mol. The highest BCUT2D eigenvalue weighted by Crippen LogP contribution is 2.18. The number of amides is 3. The first-order valence-corrected chi connectivity index (χ1v) is 8.97. The summed E-state index contributed by atoms with van der Waals surface area (Å²) in [4.78, 5) is 50.9. The minimum Gasteiger partial charge on any atom is -0.353 e. The highest BCUT2D eigenvalue weighted by molar-refractivity contribution is 6.01. The standard InChI is InChI=1S/C18H30N2O5/c1-13(18(2,3)4)19-14(21)9-7-5-6-8-10-17(24)25-20-15(22)11-12-16(20)23/h13H,5-12H2,1-4H3,(H,19,21). The summed E-state index contributed by atoms with van der Waals surface area (Å²) in [5, 5.41) is 3.57. The number of nitrogens with one attached hydrogen (secondary N) is 1. The van der Waals surface area contributed by atoms with E-state index < -0.39 is 17.8 Å². The monoisotopic (exact) mass is 354 g/mol. The highest BCUT2D eigenvalue weighted by atomic mass is 16.7. The van der Waals surface area contributed by atoms with Crippen LogP contribution in [0.5, 0.6) is 0 Å². The Bertz CT molecular complexity index is 494. The van der Waals surface area contributed by atoms with Crippen LogP contribution in [0.25, 0.3) is 0 Å². The summed E-state index contributed by atoms with van der Waals surface area (Å²) in [6, 6.07) is 0.116. The van der Waals surface area contributed by atoms with Gasteiger partial charge in [0.1, 0.15) is 0 Å². The van der Waals surface area contributed by atoms with E-state index in [-0.39, 0.29) is 36.6 Å². The fraction of sp³-hybridized carbons (Fsp3) is 0.778. The molecule has 1 heterocycles. The fourth-order valence-electron chi connectivity index (χ4n) is 2.24. The van der Waals surface area contributed by atoms with Gasteiger partial charge in [-0.3, -0.25) is 14.4 Å². The normalized spacial score (nSPS) is 16.1. The van der Waals surface area contributed by atoms with Gasteiger partial charge in [-0.2, -0.15) is 0 Å². The zero-order valence-electron chi connectivity index (χ0n) is 15.7. The maximum atomic E-state index is 11.8. The average Bonchev–Trinajstić information content (AvgIpc) is 2.81. The van der Waals surface area contributed by atoms with E-state index in [0.29, 0.717) is 17.9 Å². The maximum absolute atomic E-state index is 11.8. The predicted octanol–water partition coefficient (Wildman–Crippen LogP) is 2.49. The van der Waals surface area contributed by atoms with Gasteiger partial charge in [-0.15, -0.1) is 5.06 Å². The Morgan fingerprint density at radius 3 is 2.08 bits per heavy atom. The molecule has 1 unspecified atom stereocenters. The number of carbonyl (C=O) groups excluding carboxylic acids is 4. The van der Waals surface area contributed by atoms with Gasteiger partial charge >= 0.3 is 5.97 Å². The van der Waals surface area contributed by atoms with Gasteiger partial charge in [-0.05, 0) is 25.2 Å². The van der Waals surface area contributed by atoms with Gasteiger partial charge in [-0.25, -0.2) is 4.79 Å². The summed E-state index contributed by atoms with van der Waals surface area (Å²) in [7, 11) is 0. The van der Waals surface area contributed by atoms with Crippen molar-refractivity contribution >= 4 is 23.7 Å². The van der Waals surface area contributed by atoms with Crippen molar-refractivity contribution in [1.82, 2.24) is 10.4 Å². The zero-order chi connectivity index (χ0) is 19.0. The molecule has 142 valence electrons. The fourth-order valence-corrected chi connectivity index (χ4v) is 2.24. The van der Waals surface area contributed by atoms with Gasteiger partial charge in [0, 0.05) is 31.7 Å². The summed E-state index contributed by atoms with van der Waals surface area (Å²) in [6.45, 7) is 8.25. The van der Waals surface area contributed by atoms with Crippen LogP contribution in [0.3, 0.4) is 0 Å². The third-order valence-corrected chi connectivity index (χ3v) is 4.41. The van der Waals surface area contributed by atoms with E-state index in [1.165, 1.54) is 0 Å². The van der Waals surface area contributed by atoms with Crippen molar-refractivity contribution in [1.29, 1.82) is 0 Å². The van der Waals surface area contributed by atoms with Crippen LogP contribution in [0.1, 0.15) is 79.1 Å². The molecule has 3 amide bonds. The summed E-state index contributed by atoms with van der Waals surface area (Å²) in [5.41, 5.74) is 0.0358. The van der Waals surface area contributed by atoms with Crippen LogP contribution in [0, 0.1) is 5.41 Å². The lowest BCUT2D eigenvalue weighted by molar-refractivity contribution is -0.197. The number of hydroxylamine groups is 2. The Morgan fingerprint density at radius 1 is 1.04 bits per heavy atom. The number of rotatable bonds is 9. The smallest absolute Gasteiger partial charge is 0.333 e. The molecule has 1 aliphatic heterocycles. The topological polar surface area (TPSA) is 92.8 Å². The van der Waals surface area contributed by atoms with Gasteiger partial charge < -0.3 is 10.2 Å². The Kier molecular flexibility index (Phi) is 8.06. The van der Waals surface area contributed by atoms with Gasteiger partial charge in [0.2, 0.25) is 5.91 Å². The van der Waals surface area contributed by atoms with Crippen molar-refractivity contribution in [2.45, 2.75) is 85.1 Å². The first kappa shape index (κ1) is 21.1. The summed E-state index contributed by atoms with van der Waals surface area (Å²) in [5.74, 6) is -1.45. The second-order valence-corrected chi connectivity index (χ2v) is 7.61. The Balaban J connectivity index is 2.08. The lowest BCUT2D eigenvalue weighted by Gasteiger charge is -2.28. The van der Waals surface area contributed by atoms with Crippen molar-refractivity contribution < 1.29 is 24.0 Å². The summed E-state index contributed by atoms with van der Waals surface area (Å²) in [6.07, 6.45) is 3.83. The third-order valence-electron chi connectivity index (χ3n) is 4.41. The molecule has 7 nitrogen and oxygen atoms in total. The molecule has 7 heteroatoms. The van der Waals surface area contributed by atoms with Crippen LogP contribution >= 0.6 is 0 Å². The molecule has 25 heavy (non-hydrogen) atoms. The van der Waals surface area contributed by atoms with Crippen LogP contribution in [-0.2, 0) is 24.0 Å². The van der Waals surface area contributed by atoms with Crippen LogP contribution < -0.4 is 5.32 Å². The molecular formula is C18H30N2O5. The maximum Gasteiger partial charge on any atom is 0.333 e. The van der Waals surface area contributed by atoms with Crippen LogP contribution in [0.4, 0.5) is 0 Å². The molecule has 1 rings (SSSR count). The first-order valence-electron chi connectivity index (χ1n) is 8.97. The van der Waals surface area contributed by atoms with E-state index >= 15 is 0 Å². The van der Waals surface area contributed by atoms with Gasteiger partial charge in [0.25, 0.3) is 11.8 Å². The summed E-state index contributed by atoms with van der Waals surface area (Å²) < 4.78 is 0. The minimum atomic E-state index is -0.569. The minimum absolute atomic E-state index is 0.0358. The molecule has 0 aromatic heterocycles. The average molecular weight is 354 g/mol. The van der Waals surface area contributed by atoms with Gasteiger partial charge in [0.05, 0.1) is 0 Å². The molecule has 1 fully saturated rings. The van der Waals surface area contributed by atoms with E-state index in [2.05, 4.69) is 26.1 Å². The van der Waals surface area contributed by atoms with Crippen molar-refractivity contribution in [3.05, 3.63) is 0 Å². The number of hydrogen-bond donors (Lipinski definition) is 1. The van der Waals surface area contributed by atoms with E-state index in [1.807, 2.05) is 6.92 Å². The number of imide groups is 1. The molecule has 0 aromatic carbocycles. The van der Waals surface area contributed by atoms with Crippen molar-refractivity contribution in [2.75, 3.05) is 0 Å². The number of unbranched alkanes of at least 4 members (excludes halogenated alkanes) is 3. The third kappa shape index (κ3) is 7.67. The van der Waals surface area contributed by atoms with Crippen molar-refractivity contribution in [3.8, 4) is 0 Å². The van der Waals surface area contributed by atoms with E-state index in [4.69, 9.17) is 4.84 Å². The quantitative estimate of drug-likeness (QED) is 0.507. The number of nitrogens with zero attached hydrogens (tertiary/aromatic N) is 1. The molecule has 0 spiro atoms. The van der Waals surface area contributed by atoms with E-state index in [1.54, 1.807) is 0 Å². The molecule has 1 saturated heterocycles. The van der Waals surface area contributed by atoms with Crippen LogP contribution in [-0.4, -0.2) is 34.8 Å². The van der Waals surface area contributed by atoms with Gasteiger partial charge in [0.15, 0.2) is 0 Å². The van der Waals surface area contributed by atoms with Crippen molar-refractivity contribution in [2.24, 2.45) is 5.41 Å². The summed E-state index contributed by atoms with van der Waals surface area (Å²) >= 11 is 0. The Labute approximate surface area is 149 Å². The molecule has 1 N–H and O–H groups in total. The molecule has 0 saturated carbocycles. The Hall–Kier alpha value is -1.92. The van der Waals surface area contributed by atoms with E-state index in [9.17, 15) is 19.2 Å². The molecule has 0 aromatic rings. The number of carbonyl (C=O) groups is 4. The van der Waals surface area contributed by atoms with E-state index in [0.717, 1.165) is 19.3 Å². The Morgan fingerprint density at radius 2 is 1.56 bits per heavy atom. The zero-order valence-corrected chi connectivity index (χ0v) is 15.7. The van der Waals surface area contributed by atoms with Crippen LogP contribution in [0.2, 0.25) is 0 Å². The van der Waals surface area contributed by atoms with Crippen LogP contribution in [0.15, 0.2) is 0 Å². The second-order valence-electron chi connectivity index (χ2n) is 7.61. The molecule has 0 radical (unpaired) electrons. The SMILES string of the molecule is CC(NC(=O)CCCCCCC(=O)ON1C(=O)CCC1=O)C(C)(C)C. The van der Waals surface area contributed by atoms with Crippen molar-refractivity contribution in [3.63, 3.8) is 0 Å². The molecule has 0 bridgehead atoms.